The van der Waals surface area contributed by atoms with E-state index in [4.69, 9.17) is 17.3 Å². The summed E-state index contributed by atoms with van der Waals surface area (Å²) in [5, 5.41) is 3.00. The van der Waals surface area contributed by atoms with Gasteiger partial charge >= 0.3 is 0 Å². The number of hydrogen-bond acceptors (Lipinski definition) is 4. The Morgan fingerprint density at radius 1 is 1.21 bits per heavy atom. The van der Waals surface area contributed by atoms with Crippen LogP contribution in [0.15, 0.2) is 18.2 Å². The Balaban J connectivity index is 0.00000364. The maximum Gasteiger partial charge on any atom is 0.242 e. The molecule has 0 aromatic heterocycles. The summed E-state index contributed by atoms with van der Waals surface area (Å²) in [5.41, 5.74) is 6.23. The van der Waals surface area contributed by atoms with Crippen molar-refractivity contribution in [2.75, 3.05) is 32.7 Å². The Kier molecular flexibility index (Phi) is 11.9. The first kappa shape index (κ1) is 26.9. The molecule has 0 radical (unpaired) electrons. The molecule has 28 heavy (non-hydrogen) atoms. The van der Waals surface area contributed by atoms with Crippen LogP contribution in [0.4, 0.5) is 4.39 Å². The van der Waals surface area contributed by atoms with Gasteiger partial charge in [-0.2, -0.15) is 0 Å². The van der Waals surface area contributed by atoms with E-state index in [9.17, 15) is 14.0 Å². The highest BCUT2D eigenvalue weighted by molar-refractivity contribution is 6.31. The summed E-state index contributed by atoms with van der Waals surface area (Å²) in [5.74, 6) is -0.766. The van der Waals surface area contributed by atoms with Crippen LogP contribution >= 0.6 is 36.4 Å². The van der Waals surface area contributed by atoms with E-state index >= 15 is 0 Å². The fraction of sp³-hybridized carbons (Fsp3) is 0.556. The highest BCUT2D eigenvalue weighted by Crippen LogP contribution is 2.21. The molecule has 0 bridgehead atoms. The molecule has 1 fully saturated rings. The number of nitrogens with one attached hydrogen (secondary N) is 1. The van der Waals surface area contributed by atoms with Crippen LogP contribution in [0.5, 0.6) is 0 Å². The SMILES string of the molecule is CC(C)[C@H](N)C(=O)NCC(=O)N1CCN(Cc2c(F)cccc2Cl)CC1.Cl.Cl. The normalized spacial score (nSPS) is 15.4. The lowest BCUT2D eigenvalue weighted by atomic mass is 10.1. The quantitative estimate of drug-likeness (QED) is 0.685. The van der Waals surface area contributed by atoms with Gasteiger partial charge in [0.25, 0.3) is 0 Å². The van der Waals surface area contributed by atoms with Gasteiger partial charge in [-0.25, -0.2) is 4.39 Å². The molecule has 0 saturated carbocycles. The standard InChI is InChI=1S/C18H26ClFN4O2.2ClH/c1-12(2)17(21)18(26)22-10-16(25)24-8-6-23(7-9-24)11-13-14(19)4-3-5-15(13)20;;/h3-5,12,17H,6-11,21H2,1-2H3,(H,22,26);2*1H/t17-;;/m0../s1. The minimum absolute atomic E-state index is 0. The molecule has 1 aliphatic rings. The minimum Gasteiger partial charge on any atom is -0.346 e. The first-order chi connectivity index (χ1) is 12.3. The number of carbonyl (C=O) groups is 2. The number of rotatable bonds is 6. The topological polar surface area (TPSA) is 78.7 Å². The summed E-state index contributed by atoms with van der Waals surface area (Å²) in [4.78, 5) is 27.8. The van der Waals surface area contributed by atoms with Crippen molar-refractivity contribution in [2.24, 2.45) is 11.7 Å². The third-order valence-electron chi connectivity index (χ3n) is 4.60. The van der Waals surface area contributed by atoms with Crippen molar-refractivity contribution in [1.82, 2.24) is 15.1 Å². The molecule has 2 rings (SSSR count). The molecule has 1 saturated heterocycles. The molecule has 1 aromatic rings. The molecular weight excluding hydrogens is 430 g/mol. The number of halogens is 4. The summed E-state index contributed by atoms with van der Waals surface area (Å²) in [6.07, 6.45) is 0. The van der Waals surface area contributed by atoms with Gasteiger partial charge in [-0.1, -0.05) is 31.5 Å². The van der Waals surface area contributed by atoms with Crippen LogP contribution in [0.3, 0.4) is 0 Å². The van der Waals surface area contributed by atoms with E-state index in [1.54, 1.807) is 17.0 Å². The van der Waals surface area contributed by atoms with Gasteiger partial charge in [-0.05, 0) is 18.1 Å². The van der Waals surface area contributed by atoms with E-state index in [-0.39, 0.29) is 54.9 Å². The summed E-state index contributed by atoms with van der Waals surface area (Å²) >= 11 is 6.06. The number of amides is 2. The lowest BCUT2D eigenvalue weighted by Crippen LogP contribution is -2.52. The Morgan fingerprint density at radius 3 is 2.36 bits per heavy atom. The van der Waals surface area contributed by atoms with E-state index in [0.717, 1.165) is 0 Å². The summed E-state index contributed by atoms with van der Waals surface area (Å²) in [6.45, 7) is 6.35. The first-order valence-corrected chi connectivity index (χ1v) is 9.13. The smallest absolute Gasteiger partial charge is 0.242 e. The van der Waals surface area contributed by atoms with Crippen molar-refractivity contribution in [2.45, 2.75) is 26.4 Å². The van der Waals surface area contributed by atoms with Gasteiger partial charge in [-0.3, -0.25) is 14.5 Å². The Hall–Kier alpha value is -1.12. The van der Waals surface area contributed by atoms with Crippen LogP contribution in [-0.2, 0) is 16.1 Å². The number of nitrogens with two attached hydrogens (primary N) is 1. The van der Waals surface area contributed by atoms with E-state index in [1.807, 2.05) is 13.8 Å². The van der Waals surface area contributed by atoms with Crippen LogP contribution < -0.4 is 11.1 Å². The van der Waals surface area contributed by atoms with E-state index in [1.165, 1.54) is 6.07 Å². The van der Waals surface area contributed by atoms with Gasteiger partial charge in [0.2, 0.25) is 11.8 Å². The fourth-order valence-corrected chi connectivity index (χ4v) is 2.98. The second kappa shape index (κ2) is 12.4. The summed E-state index contributed by atoms with van der Waals surface area (Å²) < 4.78 is 13.9. The number of carbonyl (C=O) groups excluding carboxylic acids is 2. The zero-order valence-corrected chi connectivity index (χ0v) is 18.4. The summed E-state index contributed by atoms with van der Waals surface area (Å²) in [7, 11) is 0. The Labute approximate surface area is 182 Å². The second-order valence-electron chi connectivity index (χ2n) is 6.84. The zero-order valence-electron chi connectivity index (χ0n) is 16.0. The molecule has 1 atom stereocenters. The predicted molar refractivity (Wildman–Crippen MR) is 114 cm³/mol. The number of nitrogens with zero attached hydrogens (tertiary/aromatic N) is 2. The van der Waals surface area contributed by atoms with Crippen molar-refractivity contribution in [3.8, 4) is 0 Å². The average molecular weight is 458 g/mol. The van der Waals surface area contributed by atoms with E-state index in [0.29, 0.717) is 43.3 Å². The molecule has 1 aromatic carbocycles. The van der Waals surface area contributed by atoms with Crippen LogP contribution in [0.25, 0.3) is 0 Å². The first-order valence-electron chi connectivity index (χ1n) is 8.76. The molecule has 0 unspecified atom stereocenters. The third-order valence-corrected chi connectivity index (χ3v) is 4.96. The van der Waals surface area contributed by atoms with Crippen LogP contribution in [0.1, 0.15) is 19.4 Å². The number of benzene rings is 1. The van der Waals surface area contributed by atoms with Gasteiger partial charge < -0.3 is 16.0 Å². The van der Waals surface area contributed by atoms with Crippen LogP contribution in [0, 0.1) is 11.7 Å². The second-order valence-corrected chi connectivity index (χ2v) is 7.25. The number of piperazine rings is 1. The van der Waals surface area contributed by atoms with Gasteiger partial charge in [0.1, 0.15) is 5.82 Å². The van der Waals surface area contributed by atoms with E-state index in [2.05, 4.69) is 10.2 Å². The van der Waals surface area contributed by atoms with Gasteiger partial charge in [0, 0.05) is 43.3 Å². The molecule has 10 heteroatoms. The molecule has 0 spiro atoms. The molecule has 0 aliphatic carbocycles. The zero-order chi connectivity index (χ0) is 19.3. The third kappa shape index (κ3) is 7.37. The van der Waals surface area contributed by atoms with Crippen molar-refractivity contribution in [1.29, 1.82) is 0 Å². The molecule has 1 heterocycles. The van der Waals surface area contributed by atoms with Crippen LogP contribution in [0.2, 0.25) is 5.02 Å². The monoisotopic (exact) mass is 456 g/mol. The molecule has 2 amide bonds. The molecule has 1 aliphatic heterocycles. The van der Waals surface area contributed by atoms with Crippen molar-refractivity contribution < 1.29 is 14.0 Å². The molecule has 160 valence electrons. The summed E-state index contributed by atoms with van der Waals surface area (Å²) in [6, 6.07) is 4.03. The van der Waals surface area contributed by atoms with Gasteiger partial charge in [-0.15, -0.1) is 24.8 Å². The fourth-order valence-electron chi connectivity index (χ4n) is 2.76. The molecule has 6 nitrogen and oxygen atoms in total. The lowest BCUT2D eigenvalue weighted by molar-refractivity contribution is -0.134. The maximum atomic E-state index is 13.9. The molecular formula is C18H28Cl3FN4O2. The van der Waals surface area contributed by atoms with Crippen molar-refractivity contribution >= 4 is 48.2 Å². The predicted octanol–water partition coefficient (Wildman–Crippen LogP) is 2.07. The highest BCUT2D eigenvalue weighted by Gasteiger charge is 2.24. The average Bonchev–Trinajstić information content (AvgIpc) is 2.62. The largest absolute Gasteiger partial charge is 0.346 e. The highest BCUT2D eigenvalue weighted by atomic mass is 35.5. The number of hydrogen-bond donors (Lipinski definition) is 2. The van der Waals surface area contributed by atoms with Crippen molar-refractivity contribution in [3.63, 3.8) is 0 Å². The van der Waals surface area contributed by atoms with Gasteiger partial charge in [0.05, 0.1) is 12.6 Å². The molecule has 3 N–H and O–H groups in total. The lowest BCUT2D eigenvalue weighted by Gasteiger charge is -2.35. The maximum absolute atomic E-state index is 13.9. The Morgan fingerprint density at radius 2 is 1.82 bits per heavy atom. The van der Waals surface area contributed by atoms with E-state index < -0.39 is 6.04 Å². The minimum atomic E-state index is -0.620. The van der Waals surface area contributed by atoms with Gasteiger partial charge in [0.15, 0.2) is 0 Å². The van der Waals surface area contributed by atoms with Crippen molar-refractivity contribution in [3.05, 3.63) is 34.6 Å². The van der Waals surface area contributed by atoms with Crippen LogP contribution in [-0.4, -0.2) is 60.4 Å². The Bertz CT molecular complexity index is 635.